The van der Waals surface area contributed by atoms with Crippen LogP contribution in [0.2, 0.25) is 0 Å². The first-order valence-electron chi connectivity index (χ1n) is 24.4. The van der Waals surface area contributed by atoms with Crippen LogP contribution in [0.3, 0.4) is 0 Å². The summed E-state index contributed by atoms with van der Waals surface area (Å²) >= 11 is 0. The molecule has 0 aliphatic rings. The van der Waals surface area contributed by atoms with Crippen LogP contribution in [-0.2, 0) is 28.6 Å². The van der Waals surface area contributed by atoms with E-state index in [1.165, 1.54) is 167 Å². The van der Waals surface area contributed by atoms with Crippen LogP contribution in [0.25, 0.3) is 0 Å². The van der Waals surface area contributed by atoms with Crippen molar-refractivity contribution in [2.75, 3.05) is 13.2 Å². The summed E-state index contributed by atoms with van der Waals surface area (Å²) in [6.45, 7) is 8.98. The highest BCUT2D eigenvalue weighted by Gasteiger charge is 2.19. The average molecular weight is 779 g/mol. The maximum atomic E-state index is 12.7. The Morgan fingerprint density at radius 3 is 0.945 bits per heavy atom. The smallest absolute Gasteiger partial charge is 0.306 e. The zero-order valence-corrected chi connectivity index (χ0v) is 37.4. The van der Waals surface area contributed by atoms with E-state index in [1.807, 2.05) is 0 Å². The van der Waals surface area contributed by atoms with Gasteiger partial charge in [-0.2, -0.15) is 0 Å². The Labute approximate surface area is 342 Å². The topological polar surface area (TPSA) is 78.9 Å². The van der Waals surface area contributed by atoms with Crippen LogP contribution in [0.15, 0.2) is 0 Å². The van der Waals surface area contributed by atoms with Gasteiger partial charge in [0.05, 0.1) is 0 Å². The highest BCUT2D eigenvalue weighted by Crippen LogP contribution is 2.17. The monoisotopic (exact) mass is 779 g/mol. The standard InChI is InChI=1S/C49H94O6/c1-5-8-10-12-14-16-18-20-22-24-26-28-34-38-42-49(52)55-46(44-54-48(51)41-37-33-30-29-31-35-39-45(4)7-3)43-53-47(50)40-36-32-27-25-23-21-19-17-15-13-11-9-6-2/h45-46H,5-44H2,1-4H3/t45?,46-/m0/s1. The molecule has 0 aliphatic heterocycles. The van der Waals surface area contributed by atoms with E-state index in [2.05, 4.69) is 27.7 Å². The van der Waals surface area contributed by atoms with Crippen LogP contribution < -0.4 is 0 Å². The number of esters is 3. The van der Waals surface area contributed by atoms with Crippen LogP contribution in [0.5, 0.6) is 0 Å². The number of carbonyl (C=O) groups is 3. The lowest BCUT2D eigenvalue weighted by atomic mass is 10.00. The minimum Gasteiger partial charge on any atom is -0.462 e. The van der Waals surface area contributed by atoms with Crippen molar-refractivity contribution in [3.8, 4) is 0 Å². The van der Waals surface area contributed by atoms with Crippen molar-refractivity contribution in [2.45, 2.75) is 278 Å². The number of hydrogen-bond acceptors (Lipinski definition) is 6. The van der Waals surface area contributed by atoms with Crippen molar-refractivity contribution in [3.05, 3.63) is 0 Å². The Morgan fingerprint density at radius 2 is 0.636 bits per heavy atom. The quantitative estimate of drug-likeness (QED) is 0.0348. The van der Waals surface area contributed by atoms with E-state index < -0.39 is 6.10 Å². The van der Waals surface area contributed by atoms with E-state index in [-0.39, 0.29) is 31.1 Å². The molecular weight excluding hydrogens is 685 g/mol. The Morgan fingerprint density at radius 1 is 0.364 bits per heavy atom. The van der Waals surface area contributed by atoms with Gasteiger partial charge in [-0.15, -0.1) is 0 Å². The summed E-state index contributed by atoms with van der Waals surface area (Å²) in [7, 11) is 0. The van der Waals surface area contributed by atoms with Crippen molar-refractivity contribution in [3.63, 3.8) is 0 Å². The molecule has 0 aromatic carbocycles. The molecule has 0 radical (unpaired) electrons. The molecule has 0 amide bonds. The molecule has 0 saturated heterocycles. The van der Waals surface area contributed by atoms with E-state index in [4.69, 9.17) is 14.2 Å². The van der Waals surface area contributed by atoms with Crippen molar-refractivity contribution in [2.24, 2.45) is 5.92 Å². The summed E-state index contributed by atoms with van der Waals surface area (Å²) in [5.74, 6) is -0.0370. The Hall–Kier alpha value is -1.59. The van der Waals surface area contributed by atoms with Gasteiger partial charge in [0.25, 0.3) is 0 Å². The fourth-order valence-corrected chi connectivity index (χ4v) is 7.30. The van der Waals surface area contributed by atoms with E-state index in [1.54, 1.807) is 0 Å². The predicted molar refractivity (Wildman–Crippen MR) is 233 cm³/mol. The van der Waals surface area contributed by atoms with E-state index >= 15 is 0 Å². The molecule has 6 heteroatoms. The van der Waals surface area contributed by atoms with E-state index in [0.29, 0.717) is 19.3 Å². The minimum atomic E-state index is -0.760. The molecule has 6 nitrogen and oxygen atoms in total. The SMILES string of the molecule is CCCCCCCCCCCCCCCCC(=O)O[C@@H](COC(=O)CCCCCCCCCCCCCCC)COC(=O)CCCCCCCCC(C)CC. The van der Waals surface area contributed by atoms with E-state index in [0.717, 1.165) is 63.7 Å². The second-order valence-corrected chi connectivity index (χ2v) is 17.0. The zero-order valence-electron chi connectivity index (χ0n) is 37.4. The molecule has 0 aromatic heterocycles. The van der Waals surface area contributed by atoms with Crippen molar-refractivity contribution in [1.29, 1.82) is 0 Å². The van der Waals surface area contributed by atoms with Crippen LogP contribution in [0.4, 0.5) is 0 Å². The molecule has 0 aromatic rings. The lowest BCUT2D eigenvalue weighted by molar-refractivity contribution is -0.167. The average Bonchev–Trinajstić information content (AvgIpc) is 3.18. The third-order valence-corrected chi connectivity index (χ3v) is 11.4. The molecule has 0 rings (SSSR count). The highest BCUT2D eigenvalue weighted by molar-refractivity contribution is 5.71. The number of carbonyl (C=O) groups excluding carboxylic acids is 3. The molecule has 0 heterocycles. The van der Waals surface area contributed by atoms with Gasteiger partial charge in [-0.1, -0.05) is 233 Å². The van der Waals surface area contributed by atoms with Gasteiger partial charge >= 0.3 is 17.9 Å². The molecule has 55 heavy (non-hydrogen) atoms. The summed E-state index contributed by atoms with van der Waals surface area (Å²) in [4.78, 5) is 37.8. The van der Waals surface area contributed by atoms with E-state index in [9.17, 15) is 14.4 Å². The third-order valence-electron chi connectivity index (χ3n) is 11.4. The molecule has 0 aliphatic carbocycles. The van der Waals surface area contributed by atoms with Gasteiger partial charge in [0, 0.05) is 19.3 Å². The second kappa shape index (κ2) is 43.5. The number of hydrogen-bond donors (Lipinski definition) is 0. The molecule has 0 bridgehead atoms. The number of unbranched alkanes of at least 4 members (excludes halogenated alkanes) is 30. The molecule has 1 unspecified atom stereocenters. The highest BCUT2D eigenvalue weighted by atomic mass is 16.6. The zero-order chi connectivity index (χ0) is 40.3. The summed E-state index contributed by atoms with van der Waals surface area (Å²) in [6.07, 6.45) is 43.7. The van der Waals surface area contributed by atoms with Gasteiger partial charge in [0.2, 0.25) is 0 Å². The summed E-state index contributed by atoms with van der Waals surface area (Å²) in [5.41, 5.74) is 0. The predicted octanol–water partition coefficient (Wildman–Crippen LogP) is 15.5. The molecule has 326 valence electrons. The third kappa shape index (κ3) is 41.9. The Bertz CT molecular complexity index is 828. The molecule has 2 atom stereocenters. The first-order valence-corrected chi connectivity index (χ1v) is 24.4. The van der Waals surface area contributed by atoms with Crippen molar-refractivity contribution >= 4 is 17.9 Å². The molecule has 0 spiro atoms. The number of rotatable bonds is 44. The Kier molecular flexibility index (Phi) is 42.3. The van der Waals surface area contributed by atoms with Crippen LogP contribution in [0, 0.1) is 5.92 Å². The summed E-state index contributed by atoms with van der Waals surface area (Å²) < 4.78 is 16.8. The summed E-state index contributed by atoms with van der Waals surface area (Å²) in [6, 6.07) is 0. The summed E-state index contributed by atoms with van der Waals surface area (Å²) in [5, 5.41) is 0. The van der Waals surface area contributed by atoms with Crippen LogP contribution in [0.1, 0.15) is 272 Å². The van der Waals surface area contributed by atoms with Gasteiger partial charge in [-0.3, -0.25) is 14.4 Å². The fraction of sp³-hybridized carbons (Fsp3) is 0.939. The molecule has 0 saturated carbocycles. The fourth-order valence-electron chi connectivity index (χ4n) is 7.30. The molecule has 0 N–H and O–H groups in total. The van der Waals surface area contributed by atoms with Crippen molar-refractivity contribution in [1.82, 2.24) is 0 Å². The first-order chi connectivity index (χ1) is 26.9. The molecule has 0 fully saturated rings. The minimum absolute atomic E-state index is 0.0638. The normalized spacial score (nSPS) is 12.4. The van der Waals surface area contributed by atoms with Gasteiger partial charge in [0.1, 0.15) is 13.2 Å². The number of ether oxygens (including phenoxy) is 3. The van der Waals surface area contributed by atoms with Crippen molar-refractivity contribution < 1.29 is 28.6 Å². The maximum absolute atomic E-state index is 12.7. The first kappa shape index (κ1) is 53.4. The van der Waals surface area contributed by atoms with Gasteiger partial charge in [-0.05, 0) is 25.2 Å². The maximum Gasteiger partial charge on any atom is 0.306 e. The van der Waals surface area contributed by atoms with Gasteiger partial charge in [0.15, 0.2) is 6.10 Å². The van der Waals surface area contributed by atoms with Gasteiger partial charge < -0.3 is 14.2 Å². The van der Waals surface area contributed by atoms with Crippen LogP contribution >= 0.6 is 0 Å². The Balaban J connectivity index is 4.32. The van der Waals surface area contributed by atoms with Crippen LogP contribution in [-0.4, -0.2) is 37.2 Å². The second-order valence-electron chi connectivity index (χ2n) is 17.0. The largest absolute Gasteiger partial charge is 0.462 e. The lowest BCUT2D eigenvalue weighted by Crippen LogP contribution is -2.30. The van der Waals surface area contributed by atoms with Gasteiger partial charge in [-0.25, -0.2) is 0 Å². The molecular formula is C49H94O6. The lowest BCUT2D eigenvalue weighted by Gasteiger charge is -2.18.